The summed E-state index contributed by atoms with van der Waals surface area (Å²) < 4.78 is -0.640. The maximum absolute atomic E-state index is 14.4. The number of hydrogen-bond acceptors (Lipinski definition) is 5. The summed E-state index contributed by atoms with van der Waals surface area (Å²) >= 11 is 1.69. The fraction of sp³-hybridized carbons (Fsp3) is 0.750. The zero-order valence-corrected chi connectivity index (χ0v) is 23.3. The molecule has 0 aromatic carbocycles. The minimum absolute atomic E-state index is 0.00145. The van der Waals surface area contributed by atoms with E-state index in [0.717, 1.165) is 32.1 Å². The first kappa shape index (κ1) is 28.8. The number of nitrogens with zero attached hydrogens (tertiary/aromatic N) is 3. The van der Waals surface area contributed by atoms with Crippen LogP contribution >= 0.6 is 11.8 Å². The largest absolute Gasteiger partial charge is 0.394 e. The van der Waals surface area contributed by atoms with Crippen LogP contribution in [0.2, 0.25) is 0 Å². The number of carbonyl (C=O) groups excluding carboxylic acids is 3. The summed E-state index contributed by atoms with van der Waals surface area (Å²) in [6, 6.07) is -1.12. The van der Waals surface area contributed by atoms with Crippen molar-refractivity contribution in [3.05, 3.63) is 25.3 Å². The maximum Gasteiger partial charge on any atom is 0.247 e. The monoisotopic (exact) mass is 519 g/mol. The van der Waals surface area contributed by atoms with E-state index in [4.69, 9.17) is 0 Å². The van der Waals surface area contributed by atoms with Crippen LogP contribution in [-0.4, -0.2) is 91.9 Å². The molecule has 0 aromatic rings. The molecule has 1 spiro atoms. The number of thioether (sulfide) groups is 1. The average Bonchev–Trinajstić information content (AvgIpc) is 3.50. The molecule has 0 saturated carbocycles. The molecular weight excluding hydrogens is 474 g/mol. The van der Waals surface area contributed by atoms with E-state index in [-0.39, 0.29) is 35.6 Å². The quantitative estimate of drug-likeness (QED) is 0.356. The zero-order valence-electron chi connectivity index (χ0n) is 22.5. The first-order valence-electron chi connectivity index (χ1n) is 13.7. The normalized spacial score (nSPS) is 30.1. The summed E-state index contributed by atoms with van der Waals surface area (Å²) in [7, 11) is 0. The van der Waals surface area contributed by atoms with Crippen LogP contribution in [0.3, 0.4) is 0 Å². The second kappa shape index (κ2) is 12.2. The second-order valence-electron chi connectivity index (χ2n) is 10.5. The van der Waals surface area contributed by atoms with Gasteiger partial charge in [0, 0.05) is 30.9 Å². The van der Waals surface area contributed by atoms with Gasteiger partial charge in [-0.15, -0.1) is 24.9 Å². The Hall–Kier alpha value is -1.80. The lowest BCUT2D eigenvalue weighted by Gasteiger charge is -2.41. The molecule has 8 heteroatoms. The predicted molar refractivity (Wildman–Crippen MR) is 145 cm³/mol. The van der Waals surface area contributed by atoms with Gasteiger partial charge >= 0.3 is 0 Å². The summed E-state index contributed by atoms with van der Waals surface area (Å²) in [5.41, 5.74) is 0. The molecule has 2 bridgehead atoms. The van der Waals surface area contributed by atoms with Crippen molar-refractivity contribution in [3.8, 4) is 0 Å². The van der Waals surface area contributed by atoms with Crippen molar-refractivity contribution in [2.45, 2.75) is 94.3 Å². The van der Waals surface area contributed by atoms with Crippen molar-refractivity contribution in [3.63, 3.8) is 0 Å². The Morgan fingerprint density at radius 2 is 1.89 bits per heavy atom. The summed E-state index contributed by atoms with van der Waals surface area (Å²) in [5, 5.41) is 10.3. The van der Waals surface area contributed by atoms with Gasteiger partial charge in [0.05, 0.1) is 29.2 Å². The molecule has 202 valence electrons. The number of hydrogen-bond donors (Lipinski definition) is 1. The minimum atomic E-state index is -0.682. The van der Waals surface area contributed by atoms with E-state index in [2.05, 4.69) is 20.1 Å². The predicted octanol–water partition coefficient (Wildman–Crippen LogP) is 3.48. The molecule has 3 saturated heterocycles. The van der Waals surface area contributed by atoms with Gasteiger partial charge in [-0.25, -0.2) is 0 Å². The zero-order chi connectivity index (χ0) is 26.6. The molecule has 3 fully saturated rings. The number of amides is 3. The SMILES string of the molecule is C=CCN(CCC)C(=O)[C@@H]1[C@@H]2CCC3(S2)C(C(=O)N(CC=C)C(C)CCC)N([C@@H](CC)CO)C(=O)[C@H]13. The Morgan fingerprint density at radius 3 is 2.44 bits per heavy atom. The number of aliphatic hydroxyl groups is 1. The van der Waals surface area contributed by atoms with E-state index in [1.54, 1.807) is 28.8 Å². The molecule has 0 aromatic heterocycles. The summed E-state index contributed by atoms with van der Waals surface area (Å²) in [5.74, 6) is -1.20. The van der Waals surface area contributed by atoms with E-state index in [1.165, 1.54) is 0 Å². The molecule has 3 heterocycles. The lowest BCUT2D eigenvalue weighted by atomic mass is 9.70. The molecule has 3 rings (SSSR count). The highest BCUT2D eigenvalue weighted by molar-refractivity contribution is 8.02. The Bertz CT molecular complexity index is 847. The minimum Gasteiger partial charge on any atom is -0.394 e. The van der Waals surface area contributed by atoms with Gasteiger partial charge in [-0.2, -0.15) is 0 Å². The highest BCUT2D eigenvalue weighted by atomic mass is 32.2. The molecule has 3 aliphatic rings. The van der Waals surface area contributed by atoms with E-state index in [9.17, 15) is 19.5 Å². The van der Waals surface area contributed by atoms with Gasteiger partial charge < -0.3 is 19.8 Å². The van der Waals surface area contributed by atoms with Crippen LogP contribution < -0.4 is 0 Å². The van der Waals surface area contributed by atoms with Crippen molar-refractivity contribution in [2.24, 2.45) is 11.8 Å². The third-order valence-electron chi connectivity index (χ3n) is 8.33. The van der Waals surface area contributed by atoms with Crippen molar-refractivity contribution in [1.29, 1.82) is 0 Å². The van der Waals surface area contributed by atoms with Crippen LogP contribution in [0, 0.1) is 11.8 Å². The Labute approximate surface area is 221 Å². The summed E-state index contributed by atoms with van der Waals surface area (Å²) in [6.07, 6.45) is 8.21. The molecular formula is C28H45N3O4S. The summed E-state index contributed by atoms with van der Waals surface area (Å²) in [6.45, 7) is 17.1. The van der Waals surface area contributed by atoms with E-state index in [0.29, 0.717) is 26.1 Å². The Morgan fingerprint density at radius 1 is 1.19 bits per heavy atom. The molecule has 3 unspecified atom stereocenters. The van der Waals surface area contributed by atoms with Crippen molar-refractivity contribution in [2.75, 3.05) is 26.2 Å². The highest BCUT2D eigenvalue weighted by Gasteiger charge is 2.74. The number of carbonyl (C=O) groups is 3. The maximum atomic E-state index is 14.4. The van der Waals surface area contributed by atoms with Crippen molar-refractivity contribution in [1.82, 2.24) is 14.7 Å². The van der Waals surface area contributed by atoms with Gasteiger partial charge in [-0.05, 0) is 39.0 Å². The van der Waals surface area contributed by atoms with Crippen LogP contribution in [0.25, 0.3) is 0 Å². The highest BCUT2D eigenvalue weighted by Crippen LogP contribution is 2.67. The molecule has 7 nitrogen and oxygen atoms in total. The molecule has 36 heavy (non-hydrogen) atoms. The van der Waals surface area contributed by atoms with Crippen LogP contribution in [0.15, 0.2) is 25.3 Å². The average molecular weight is 520 g/mol. The van der Waals surface area contributed by atoms with Crippen LogP contribution in [0.5, 0.6) is 0 Å². The van der Waals surface area contributed by atoms with Gasteiger partial charge in [0.1, 0.15) is 6.04 Å². The van der Waals surface area contributed by atoms with Crippen molar-refractivity contribution >= 4 is 29.5 Å². The molecule has 3 amide bonds. The first-order valence-corrected chi connectivity index (χ1v) is 14.6. The van der Waals surface area contributed by atoms with Crippen molar-refractivity contribution < 1.29 is 19.5 Å². The second-order valence-corrected chi connectivity index (χ2v) is 12.1. The standard InChI is InChI=1S/C28H45N3O4S/c1-7-12-19(6)30(17-10-4)27(35)24-28-14-13-21(36-28)22(25(33)29(15-8-2)16-9-3)23(28)26(34)31(24)20(11-5)18-32/h8,10,19-24,32H,2,4,7,9,11-18H2,1,3,5-6H3/t19?,20-,21-,22+,23-,24?,28?/m0/s1. The van der Waals surface area contributed by atoms with E-state index < -0.39 is 28.7 Å². The van der Waals surface area contributed by atoms with Gasteiger partial charge in [-0.1, -0.05) is 39.3 Å². The lowest BCUT2D eigenvalue weighted by Crippen LogP contribution is -2.58. The van der Waals surface area contributed by atoms with Gasteiger partial charge in [0.25, 0.3) is 0 Å². The number of fused-ring (bicyclic) bond motifs is 1. The Kier molecular flexibility index (Phi) is 9.72. The molecule has 3 aliphatic heterocycles. The fourth-order valence-corrected chi connectivity index (χ4v) is 8.94. The third kappa shape index (κ3) is 4.75. The first-order chi connectivity index (χ1) is 17.3. The number of likely N-dealkylation sites (tertiary alicyclic amines) is 1. The lowest BCUT2D eigenvalue weighted by molar-refractivity contribution is -0.147. The van der Waals surface area contributed by atoms with E-state index >= 15 is 0 Å². The number of aliphatic hydroxyl groups excluding tert-OH is 1. The molecule has 0 radical (unpaired) electrons. The van der Waals surface area contributed by atoms with Gasteiger partial charge in [0.15, 0.2) is 0 Å². The van der Waals surface area contributed by atoms with Crippen LogP contribution in [0.1, 0.15) is 66.2 Å². The smallest absolute Gasteiger partial charge is 0.247 e. The molecule has 1 N–H and O–H groups in total. The van der Waals surface area contributed by atoms with Gasteiger partial charge in [-0.3, -0.25) is 14.4 Å². The molecule has 7 atom stereocenters. The topological polar surface area (TPSA) is 81.2 Å². The van der Waals surface area contributed by atoms with E-state index in [1.807, 2.05) is 30.6 Å². The van der Waals surface area contributed by atoms with Gasteiger partial charge in [0.2, 0.25) is 17.7 Å². The van der Waals surface area contributed by atoms with Crippen LogP contribution in [0.4, 0.5) is 0 Å². The number of rotatable bonds is 14. The third-order valence-corrected chi connectivity index (χ3v) is 10.3. The Balaban J connectivity index is 2.08. The fourth-order valence-electron chi connectivity index (χ4n) is 6.74. The molecule has 0 aliphatic carbocycles. The van der Waals surface area contributed by atoms with Crippen LogP contribution in [-0.2, 0) is 14.4 Å². The summed E-state index contributed by atoms with van der Waals surface area (Å²) in [4.78, 5) is 47.8.